The van der Waals surface area contributed by atoms with Crippen LogP contribution in [0.4, 0.5) is 15.8 Å². The highest BCUT2D eigenvalue weighted by molar-refractivity contribution is 7.08. The lowest BCUT2D eigenvalue weighted by atomic mass is 10.2. The van der Waals surface area contributed by atoms with Crippen LogP contribution < -0.4 is 10.6 Å². The second-order valence-electron chi connectivity index (χ2n) is 4.75. The summed E-state index contributed by atoms with van der Waals surface area (Å²) in [7, 11) is 0. The second kappa shape index (κ2) is 6.57. The molecule has 2 N–H and O–H groups in total. The molecule has 3 rings (SSSR count). The number of hydrogen-bond donors (Lipinski definition) is 2. The molecule has 23 heavy (non-hydrogen) atoms. The van der Waals surface area contributed by atoms with E-state index in [1.165, 1.54) is 25.1 Å². The maximum absolute atomic E-state index is 13.8. The molecule has 0 fully saturated rings. The monoisotopic (exact) mass is 332 g/mol. The fourth-order valence-corrected chi connectivity index (χ4v) is 2.58. The Labute approximate surface area is 135 Å². The van der Waals surface area contributed by atoms with Gasteiger partial charge in [0, 0.05) is 23.6 Å². The summed E-state index contributed by atoms with van der Waals surface area (Å²) in [5.74, 6) is 0.183. The van der Waals surface area contributed by atoms with Crippen LogP contribution in [0.2, 0.25) is 0 Å². The number of carbonyl (C=O) groups excluding carboxylic acids is 1. The third-order valence-corrected chi connectivity index (χ3v) is 3.65. The summed E-state index contributed by atoms with van der Waals surface area (Å²) in [6, 6.07) is 6.16. The van der Waals surface area contributed by atoms with E-state index < -0.39 is 5.82 Å². The lowest BCUT2D eigenvalue weighted by Gasteiger charge is -2.08. The highest BCUT2D eigenvalue weighted by Crippen LogP contribution is 2.22. The Morgan fingerprint density at radius 2 is 2.26 bits per heavy atom. The maximum Gasteiger partial charge on any atom is 0.246 e. The highest BCUT2D eigenvalue weighted by atomic mass is 32.1. The minimum atomic E-state index is -0.434. The van der Waals surface area contributed by atoms with Gasteiger partial charge in [0.1, 0.15) is 5.82 Å². The fraction of sp³-hybridized carbons (Fsp3) is 0.133. The molecule has 3 aromatic rings. The van der Waals surface area contributed by atoms with Crippen molar-refractivity contribution >= 4 is 28.6 Å². The van der Waals surface area contributed by atoms with Crippen molar-refractivity contribution in [2.45, 2.75) is 13.5 Å². The van der Waals surface area contributed by atoms with Crippen molar-refractivity contribution in [3.63, 3.8) is 0 Å². The second-order valence-corrected chi connectivity index (χ2v) is 5.53. The van der Waals surface area contributed by atoms with Crippen LogP contribution in [-0.4, -0.2) is 16.0 Å². The van der Waals surface area contributed by atoms with Gasteiger partial charge in [-0.3, -0.25) is 4.79 Å². The number of aromatic nitrogens is 2. The summed E-state index contributed by atoms with van der Waals surface area (Å²) >= 11 is 1.54. The van der Waals surface area contributed by atoms with Gasteiger partial charge in [0.05, 0.1) is 12.2 Å². The molecule has 8 heteroatoms. The molecule has 0 aliphatic rings. The molecule has 1 aromatic carbocycles. The van der Waals surface area contributed by atoms with Crippen molar-refractivity contribution in [1.82, 2.24) is 10.1 Å². The Bertz CT molecular complexity index is 817. The zero-order valence-electron chi connectivity index (χ0n) is 12.2. The number of anilines is 2. The lowest BCUT2D eigenvalue weighted by molar-refractivity contribution is -0.114. The number of nitrogens with one attached hydrogen (secondary N) is 2. The van der Waals surface area contributed by atoms with Gasteiger partial charge in [-0.15, -0.1) is 0 Å². The molecular weight excluding hydrogens is 319 g/mol. The molecule has 0 bridgehead atoms. The van der Waals surface area contributed by atoms with Crippen LogP contribution in [0.5, 0.6) is 0 Å². The first-order valence-corrected chi connectivity index (χ1v) is 7.72. The Morgan fingerprint density at radius 1 is 1.39 bits per heavy atom. The largest absolute Gasteiger partial charge is 0.374 e. The fourth-order valence-electron chi connectivity index (χ4n) is 1.95. The van der Waals surface area contributed by atoms with Crippen LogP contribution in [-0.2, 0) is 11.3 Å². The summed E-state index contributed by atoms with van der Waals surface area (Å²) in [5.41, 5.74) is 1.63. The van der Waals surface area contributed by atoms with Gasteiger partial charge in [-0.2, -0.15) is 16.3 Å². The molecular formula is C15H13FN4O2S. The quantitative estimate of drug-likeness (QED) is 0.747. The number of carbonyl (C=O) groups is 1. The van der Waals surface area contributed by atoms with Crippen LogP contribution in [0.3, 0.4) is 0 Å². The summed E-state index contributed by atoms with van der Waals surface area (Å²) in [6.07, 6.45) is 0. The first-order valence-electron chi connectivity index (χ1n) is 6.78. The van der Waals surface area contributed by atoms with Crippen molar-refractivity contribution in [3.8, 4) is 11.4 Å². The first-order chi connectivity index (χ1) is 11.1. The number of halogens is 1. The van der Waals surface area contributed by atoms with E-state index in [-0.39, 0.29) is 18.1 Å². The summed E-state index contributed by atoms with van der Waals surface area (Å²) in [6.45, 7) is 1.57. The van der Waals surface area contributed by atoms with Gasteiger partial charge >= 0.3 is 0 Å². The molecule has 2 aromatic heterocycles. The number of benzene rings is 1. The summed E-state index contributed by atoms with van der Waals surface area (Å²) < 4.78 is 18.9. The predicted octanol–water partition coefficient (Wildman–Crippen LogP) is 3.51. The van der Waals surface area contributed by atoms with E-state index in [0.717, 1.165) is 5.56 Å². The van der Waals surface area contributed by atoms with Gasteiger partial charge in [-0.1, -0.05) is 5.16 Å². The van der Waals surface area contributed by atoms with Crippen molar-refractivity contribution in [2.75, 3.05) is 10.6 Å². The van der Waals surface area contributed by atoms with E-state index in [9.17, 15) is 9.18 Å². The Hall–Kier alpha value is -2.74. The third-order valence-electron chi connectivity index (χ3n) is 2.96. The van der Waals surface area contributed by atoms with E-state index in [1.807, 2.05) is 16.8 Å². The zero-order valence-corrected chi connectivity index (χ0v) is 13.0. The molecule has 2 heterocycles. The topological polar surface area (TPSA) is 80.0 Å². The summed E-state index contributed by atoms with van der Waals surface area (Å²) in [4.78, 5) is 15.3. The average molecular weight is 332 g/mol. The molecule has 6 nitrogen and oxygen atoms in total. The Kier molecular flexibility index (Phi) is 4.33. The number of thiophene rings is 1. The minimum absolute atomic E-state index is 0.178. The van der Waals surface area contributed by atoms with E-state index >= 15 is 0 Å². The van der Waals surface area contributed by atoms with Crippen molar-refractivity contribution in [2.24, 2.45) is 0 Å². The van der Waals surface area contributed by atoms with Crippen molar-refractivity contribution in [1.29, 1.82) is 0 Å². The molecule has 0 radical (unpaired) electrons. The Balaban J connectivity index is 1.69. The van der Waals surface area contributed by atoms with Gasteiger partial charge < -0.3 is 15.2 Å². The Morgan fingerprint density at radius 3 is 3.00 bits per heavy atom. The molecule has 0 atom stereocenters. The number of rotatable bonds is 5. The van der Waals surface area contributed by atoms with Crippen LogP contribution in [0, 0.1) is 5.82 Å². The molecule has 0 saturated heterocycles. The van der Waals surface area contributed by atoms with E-state index in [0.29, 0.717) is 17.4 Å². The van der Waals surface area contributed by atoms with Gasteiger partial charge in [0.2, 0.25) is 17.6 Å². The number of amides is 1. The lowest BCUT2D eigenvalue weighted by Crippen LogP contribution is -2.07. The molecule has 0 aliphatic heterocycles. The van der Waals surface area contributed by atoms with Gasteiger partial charge in [-0.25, -0.2) is 4.39 Å². The van der Waals surface area contributed by atoms with E-state index in [4.69, 9.17) is 4.52 Å². The summed E-state index contributed by atoms with van der Waals surface area (Å²) in [5, 5.41) is 13.2. The zero-order chi connectivity index (χ0) is 16.2. The smallest absolute Gasteiger partial charge is 0.246 e. The normalized spacial score (nSPS) is 10.5. The molecule has 0 spiro atoms. The standard InChI is InChI=1S/C15H13FN4O2S/c1-9(21)18-11-2-3-12(16)13(6-11)17-7-14-19-15(20-22-14)10-4-5-23-8-10/h2-6,8,17H,7H2,1H3,(H,18,21). The van der Waals surface area contributed by atoms with Gasteiger partial charge in [0.15, 0.2) is 0 Å². The number of nitrogens with zero attached hydrogens (tertiary/aromatic N) is 2. The highest BCUT2D eigenvalue weighted by Gasteiger charge is 2.10. The van der Waals surface area contributed by atoms with Crippen LogP contribution >= 0.6 is 11.3 Å². The molecule has 0 unspecified atom stereocenters. The van der Waals surface area contributed by atoms with Gasteiger partial charge in [0.25, 0.3) is 0 Å². The SMILES string of the molecule is CC(=O)Nc1ccc(F)c(NCc2nc(-c3ccsc3)no2)c1. The first kappa shape index (κ1) is 15.2. The van der Waals surface area contributed by atoms with Crippen LogP contribution in [0.15, 0.2) is 39.5 Å². The van der Waals surface area contributed by atoms with E-state index in [2.05, 4.69) is 20.8 Å². The van der Waals surface area contributed by atoms with Crippen LogP contribution in [0.1, 0.15) is 12.8 Å². The number of hydrogen-bond acceptors (Lipinski definition) is 6. The average Bonchev–Trinajstić information content (AvgIpc) is 3.17. The molecule has 0 saturated carbocycles. The van der Waals surface area contributed by atoms with E-state index in [1.54, 1.807) is 11.3 Å². The molecule has 0 aliphatic carbocycles. The van der Waals surface area contributed by atoms with Crippen molar-refractivity contribution in [3.05, 3.63) is 46.7 Å². The minimum Gasteiger partial charge on any atom is -0.374 e. The maximum atomic E-state index is 13.8. The third kappa shape index (κ3) is 3.72. The van der Waals surface area contributed by atoms with Crippen molar-refractivity contribution < 1.29 is 13.7 Å². The predicted molar refractivity (Wildman–Crippen MR) is 85.6 cm³/mol. The van der Waals surface area contributed by atoms with Crippen LogP contribution in [0.25, 0.3) is 11.4 Å². The van der Waals surface area contributed by atoms with Gasteiger partial charge in [-0.05, 0) is 29.6 Å². The molecule has 118 valence electrons. The molecule has 1 amide bonds.